The largest absolute Gasteiger partial charge is 0.385 e. The summed E-state index contributed by atoms with van der Waals surface area (Å²) in [7, 11) is 0. The minimum absolute atomic E-state index is 0.323. The van der Waals surface area contributed by atoms with Crippen LogP contribution in [-0.2, 0) is 4.74 Å². The van der Waals surface area contributed by atoms with Crippen LogP contribution in [0, 0.1) is 0 Å². The zero-order valence-electron chi connectivity index (χ0n) is 7.14. The second-order valence-electron chi connectivity index (χ2n) is 3.34. The molecule has 2 heterocycles. The molecule has 1 fully saturated rings. The lowest BCUT2D eigenvalue weighted by molar-refractivity contribution is 0.00354. The number of nitrogens with two attached hydrogens (primary N) is 1. The molecule has 4 nitrogen and oxygen atoms in total. The minimum atomic E-state index is -0.900. The fourth-order valence-electron chi connectivity index (χ4n) is 1.49. The van der Waals surface area contributed by atoms with Gasteiger partial charge in [0.15, 0.2) is 0 Å². The molecule has 0 amide bonds. The van der Waals surface area contributed by atoms with E-state index >= 15 is 0 Å². The molecule has 1 saturated heterocycles. The van der Waals surface area contributed by atoms with E-state index in [2.05, 4.69) is 4.37 Å². The number of aromatic nitrogens is 1. The lowest BCUT2D eigenvalue weighted by atomic mass is 9.90. The lowest BCUT2D eigenvalue weighted by Crippen LogP contribution is -2.41. The molecule has 2 rings (SSSR count). The Balaban J connectivity index is 2.16. The molecule has 0 radical (unpaired) electrons. The van der Waals surface area contributed by atoms with Gasteiger partial charge in [-0.1, -0.05) is 0 Å². The van der Waals surface area contributed by atoms with Gasteiger partial charge in [-0.15, -0.1) is 0 Å². The molecule has 0 aliphatic carbocycles. The Kier molecular flexibility index (Phi) is 2.33. The summed E-state index contributed by atoms with van der Waals surface area (Å²) in [5, 5.41) is 11.9. The van der Waals surface area contributed by atoms with Crippen molar-refractivity contribution >= 4 is 11.5 Å². The molecule has 0 saturated carbocycles. The summed E-state index contributed by atoms with van der Waals surface area (Å²) < 4.78 is 9.09. The van der Waals surface area contributed by atoms with Crippen molar-refractivity contribution < 1.29 is 9.84 Å². The molecule has 2 unspecified atom stereocenters. The van der Waals surface area contributed by atoms with Crippen LogP contribution in [0.2, 0.25) is 0 Å². The molecule has 0 bridgehead atoms. The van der Waals surface area contributed by atoms with Crippen molar-refractivity contribution in [2.24, 2.45) is 5.73 Å². The Hall–Kier alpha value is -0.490. The Morgan fingerprint density at radius 3 is 3.15 bits per heavy atom. The first-order chi connectivity index (χ1) is 6.22. The summed E-state index contributed by atoms with van der Waals surface area (Å²) >= 11 is 1.34. The van der Waals surface area contributed by atoms with E-state index in [0.29, 0.717) is 19.6 Å². The number of nitrogens with zero attached hydrogens (tertiary/aromatic N) is 1. The molecule has 13 heavy (non-hydrogen) atoms. The van der Waals surface area contributed by atoms with Crippen molar-refractivity contribution in [1.82, 2.24) is 4.37 Å². The maximum absolute atomic E-state index is 10.1. The summed E-state index contributed by atoms with van der Waals surface area (Å²) in [6, 6.07) is -0.381. The molecule has 1 aliphatic rings. The predicted octanol–water partition coefficient (Wildman–Crippen LogP) is 0.294. The molecule has 1 aromatic heterocycles. The normalized spacial score (nSPS) is 30.6. The first-order valence-corrected chi connectivity index (χ1v) is 5.01. The highest BCUT2D eigenvalue weighted by Crippen LogP contribution is 2.31. The van der Waals surface area contributed by atoms with Crippen LogP contribution in [0.1, 0.15) is 18.0 Å². The van der Waals surface area contributed by atoms with Crippen LogP contribution < -0.4 is 5.73 Å². The quantitative estimate of drug-likeness (QED) is 0.720. The van der Waals surface area contributed by atoms with E-state index in [0.717, 1.165) is 5.56 Å². The summed E-state index contributed by atoms with van der Waals surface area (Å²) in [5.74, 6) is 0. The van der Waals surface area contributed by atoms with Crippen LogP contribution in [0.15, 0.2) is 11.6 Å². The second kappa shape index (κ2) is 3.34. The first-order valence-electron chi connectivity index (χ1n) is 4.17. The van der Waals surface area contributed by atoms with E-state index in [1.165, 1.54) is 11.5 Å². The molecule has 1 aromatic rings. The van der Waals surface area contributed by atoms with Crippen molar-refractivity contribution in [3.05, 3.63) is 17.1 Å². The highest BCUT2D eigenvalue weighted by Gasteiger charge is 2.39. The van der Waals surface area contributed by atoms with E-state index < -0.39 is 5.60 Å². The monoisotopic (exact) mass is 200 g/mol. The Labute approximate surface area is 80.5 Å². The molecule has 1 aliphatic heterocycles. The van der Waals surface area contributed by atoms with Gasteiger partial charge in [-0.05, 0) is 11.5 Å². The number of hydrogen-bond acceptors (Lipinski definition) is 5. The van der Waals surface area contributed by atoms with Gasteiger partial charge < -0.3 is 15.6 Å². The maximum Gasteiger partial charge on any atom is 0.109 e. The molecule has 3 N–H and O–H groups in total. The molecule has 0 aromatic carbocycles. The molecule has 72 valence electrons. The summed E-state index contributed by atoms with van der Waals surface area (Å²) in [5.41, 5.74) is 5.90. The van der Waals surface area contributed by atoms with Gasteiger partial charge in [0, 0.05) is 30.2 Å². The second-order valence-corrected chi connectivity index (χ2v) is 4.00. The number of rotatable bonds is 2. The van der Waals surface area contributed by atoms with E-state index in [1.807, 2.05) is 5.38 Å². The van der Waals surface area contributed by atoms with Gasteiger partial charge in [0.2, 0.25) is 0 Å². The SMILES string of the molecule is NC(c1cnsc1)C1(O)CCOC1. The van der Waals surface area contributed by atoms with E-state index in [1.54, 1.807) is 6.20 Å². The Bertz CT molecular complexity index is 270. The van der Waals surface area contributed by atoms with Gasteiger partial charge in [0.25, 0.3) is 0 Å². The summed E-state index contributed by atoms with van der Waals surface area (Å²) in [6.07, 6.45) is 2.30. The molecule has 0 spiro atoms. The Morgan fingerprint density at radius 2 is 2.62 bits per heavy atom. The third kappa shape index (κ3) is 1.60. The highest BCUT2D eigenvalue weighted by atomic mass is 32.1. The number of aliphatic hydroxyl groups is 1. The van der Waals surface area contributed by atoms with Gasteiger partial charge in [-0.2, -0.15) is 0 Å². The standard InChI is InChI=1S/C8H12N2O2S/c9-7(6-3-10-13-4-6)8(11)1-2-12-5-8/h3-4,7,11H,1-2,5,9H2. The highest BCUT2D eigenvalue weighted by molar-refractivity contribution is 7.03. The lowest BCUT2D eigenvalue weighted by Gasteiger charge is -2.26. The van der Waals surface area contributed by atoms with Crippen LogP contribution in [-0.4, -0.2) is 28.3 Å². The van der Waals surface area contributed by atoms with E-state index in [-0.39, 0.29) is 6.04 Å². The molecule has 5 heteroatoms. The fourth-order valence-corrected chi connectivity index (χ4v) is 2.06. The predicted molar refractivity (Wildman–Crippen MR) is 49.4 cm³/mol. The summed E-state index contributed by atoms with van der Waals surface area (Å²) in [4.78, 5) is 0. The fraction of sp³-hybridized carbons (Fsp3) is 0.625. The van der Waals surface area contributed by atoms with E-state index in [9.17, 15) is 5.11 Å². The van der Waals surface area contributed by atoms with Gasteiger partial charge >= 0.3 is 0 Å². The van der Waals surface area contributed by atoms with Crippen LogP contribution in [0.4, 0.5) is 0 Å². The maximum atomic E-state index is 10.1. The zero-order valence-corrected chi connectivity index (χ0v) is 7.96. The van der Waals surface area contributed by atoms with Crippen molar-refractivity contribution in [2.75, 3.05) is 13.2 Å². The average molecular weight is 200 g/mol. The van der Waals surface area contributed by atoms with Crippen molar-refractivity contribution in [1.29, 1.82) is 0 Å². The molecular formula is C8H12N2O2S. The minimum Gasteiger partial charge on any atom is -0.385 e. The molecule has 2 atom stereocenters. The van der Waals surface area contributed by atoms with Crippen molar-refractivity contribution in [3.8, 4) is 0 Å². The van der Waals surface area contributed by atoms with Gasteiger partial charge in [-0.25, -0.2) is 4.37 Å². The van der Waals surface area contributed by atoms with Gasteiger partial charge in [0.05, 0.1) is 12.6 Å². The third-order valence-electron chi connectivity index (χ3n) is 2.42. The molecular weight excluding hydrogens is 188 g/mol. The smallest absolute Gasteiger partial charge is 0.109 e. The van der Waals surface area contributed by atoms with Crippen LogP contribution in [0.3, 0.4) is 0 Å². The zero-order chi connectivity index (χ0) is 9.31. The van der Waals surface area contributed by atoms with Gasteiger partial charge in [-0.3, -0.25) is 0 Å². The number of hydrogen-bond donors (Lipinski definition) is 2. The van der Waals surface area contributed by atoms with Crippen LogP contribution in [0.5, 0.6) is 0 Å². The van der Waals surface area contributed by atoms with Gasteiger partial charge in [0.1, 0.15) is 5.60 Å². The van der Waals surface area contributed by atoms with Crippen LogP contribution in [0.25, 0.3) is 0 Å². The topological polar surface area (TPSA) is 68.4 Å². The third-order valence-corrected chi connectivity index (χ3v) is 3.03. The first kappa shape index (κ1) is 9.08. The summed E-state index contributed by atoms with van der Waals surface area (Å²) in [6.45, 7) is 0.909. The number of ether oxygens (including phenoxy) is 1. The average Bonchev–Trinajstić information content (AvgIpc) is 2.73. The van der Waals surface area contributed by atoms with E-state index in [4.69, 9.17) is 10.5 Å². The van der Waals surface area contributed by atoms with Crippen molar-refractivity contribution in [3.63, 3.8) is 0 Å². The Morgan fingerprint density at radius 1 is 1.77 bits per heavy atom. The van der Waals surface area contributed by atoms with Crippen LogP contribution >= 0.6 is 11.5 Å². The van der Waals surface area contributed by atoms with Crippen molar-refractivity contribution in [2.45, 2.75) is 18.1 Å².